The van der Waals surface area contributed by atoms with Crippen molar-refractivity contribution in [2.75, 3.05) is 0 Å². The lowest BCUT2D eigenvalue weighted by atomic mass is 10.1. The molecule has 0 unspecified atom stereocenters. The Kier molecular flexibility index (Phi) is 2.64. The standard InChI is InChI=1S/C10H10FN3S/c11-7-2-3-8-6(5-7)1-4-9(8)13-14-10(12)15/h2-3,5H,1,4H2,(H3,12,14,15)/b13-9+. The Morgan fingerprint density at radius 2 is 2.27 bits per heavy atom. The largest absolute Gasteiger partial charge is 0.375 e. The Morgan fingerprint density at radius 3 is 3.00 bits per heavy atom. The van der Waals surface area contributed by atoms with Gasteiger partial charge in [0.25, 0.3) is 0 Å². The zero-order valence-electron chi connectivity index (χ0n) is 7.96. The van der Waals surface area contributed by atoms with E-state index in [0.717, 1.165) is 29.7 Å². The highest BCUT2D eigenvalue weighted by atomic mass is 32.1. The Bertz CT molecular complexity index is 442. The summed E-state index contributed by atoms with van der Waals surface area (Å²) in [5.41, 5.74) is 10.6. The number of halogens is 1. The van der Waals surface area contributed by atoms with Gasteiger partial charge in [0.1, 0.15) is 5.82 Å². The van der Waals surface area contributed by atoms with Crippen molar-refractivity contribution in [1.82, 2.24) is 5.43 Å². The lowest BCUT2D eigenvalue weighted by Gasteiger charge is -2.01. The molecule has 1 aromatic carbocycles. The third-order valence-corrected chi connectivity index (χ3v) is 2.40. The number of fused-ring (bicyclic) bond motifs is 1. The number of benzene rings is 1. The second kappa shape index (κ2) is 3.94. The third-order valence-electron chi connectivity index (χ3n) is 2.31. The van der Waals surface area contributed by atoms with Gasteiger partial charge in [-0.05, 0) is 48.8 Å². The number of aryl methyl sites for hydroxylation is 1. The molecule has 2 rings (SSSR count). The fourth-order valence-electron chi connectivity index (χ4n) is 1.68. The molecule has 3 N–H and O–H groups in total. The summed E-state index contributed by atoms with van der Waals surface area (Å²) in [5, 5.41) is 4.21. The van der Waals surface area contributed by atoms with E-state index in [1.165, 1.54) is 6.07 Å². The first-order valence-electron chi connectivity index (χ1n) is 4.57. The minimum Gasteiger partial charge on any atom is -0.375 e. The van der Waals surface area contributed by atoms with Gasteiger partial charge in [-0.15, -0.1) is 0 Å². The molecule has 0 spiro atoms. The molecule has 15 heavy (non-hydrogen) atoms. The Hall–Kier alpha value is -1.49. The van der Waals surface area contributed by atoms with Crippen LogP contribution in [0.15, 0.2) is 23.3 Å². The summed E-state index contributed by atoms with van der Waals surface area (Å²) in [6.45, 7) is 0. The second-order valence-corrected chi connectivity index (χ2v) is 3.78. The van der Waals surface area contributed by atoms with Gasteiger partial charge in [0.05, 0.1) is 5.71 Å². The molecule has 0 bridgehead atoms. The fraction of sp³-hybridized carbons (Fsp3) is 0.200. The minimum atomic E-state index is -0.211. The van der Waals surface area contributed by atoms with Crippen LogP contribution < -0.4 is 11.2 Å². The lowest BCUT2D eigenvalue weighted by Crippen LogP contribution is -2.25. The summed E-state index contributed by atoms with van der Waals surface area (Å²) < 4.78 is 12.9. The first-order chi connectivity index (χ1) is 7.16. The molecule has 1 aromatic rings. The molecule has 78 valence electrons. The van der Waals surface area contributed by atoms with Gasteiger partial charge in [-0.3, -0.25) is 5.43 Å². The van der Waals surface area contributed by atoms with Gasteiger partial charge in [-0.1, -0.05) is 0 Å². The quantitative estimate of drug-likeness (QED) is 0.557. The summed E-state index contributed by atoms with van der Waals surface area (Å²) in [7, 11) is 0. The van der Waals surface area contributed by atoms with Gasteiger partial charge in [-0.2, -0.15) is 5.10 Å². The van der Waals surface area contributed by atoms with Crippen LogP contribution in [0.4, 0.5) is 4.39 Å². The van der Waals surface area contributed by atoms with E-state index in [1.807, 2.05) is 0 Å². The smallest absolute Gasteiger partial charge is 0.184 e. The summed E-state index contributed by atoms with van der Waals surface area (Å²) in [6, 6.07) is 4.71. The predicted molar refractivity (Wildman–Crippen MR) is 61.2 cm³/mol. The molecule has 0 saturated heterocycles. The number of nitrogens with one attached hydrogen (secondary N) is 1. The van der Waals surface area contributed by atoms with E-state index in [9.17, 15) is 4.39 Å². The molecule has 0 heterocycles. The van der Waals surface area contributed by atoms with E-state index in [-0.39, 0.29) is 10.9 Å². The van der Waals surface area contributed by atoms with Crippen LogP contribution in [0, 0.1) is 5.82 Å². The molecule has 0 fully saturated rings. The van der Waals surface area contributed by atoms with Crippen LogP contribution in [0.3, 0.4) is 0 Å². The monoisotopic (exact) mass is 223 g/mol. The first-order valence-corrected chi connectivity index (χ1v) is 4.98. The third kappa shape index (κ3) is 2.12. The topological polar surface area (TPSA) is 50.4 Å². The van der Waals surface area contributed by atoms with Gasteiger partial charge in [0, 0.05) is 5.56 Å². The molecular weight excluding hydrogens is 213 g/mol. The maximum Gasteiger partial charge on any atom is 0.184 e. The van der Waals surface area contributed by atoms with Crippen LogP contribution >= 0.6 is 12.2 Å². The van der Waals surface area contributed by atoms with Crippen LogP contribution in [0.5, 0.6) is 0 Å². The summed E-state index contributed by atoms with van der Waals surface area (Å²) >= 11 is 4.65. The van der Waals surface area contributed by atoms with Crippen LogP contribution in [-0.4, -0.2) is 10.8 Å². The number of nitrogens with two attached hydrogens (primary N) is 1. The van der Waals surface area contributed by atoms with Gasteiger partial charge < -0.3 is 5.73 Å². The van der Waals surface area contributed by atoms with Crippen LogP contribution in [0.2, 0.25) is 0 Å². The second-order valence-electron chi connectivity index (χ2n) is 3.34. The van der Waals surface area contributed by atoms with Gasteiger partial charge in [-0.25, -0.2) is 4.39 Å². The number of hydrogen-bond donors (Lipinski definition) is 2. The zero-order chi connectivity index (χ0) is 10.8. The van der Waals surface area contributed by atoms with Crippen LogP contribution in [0.25, 0.3) is 0 Å². The summed E-state index contributed by atoms with van der Waals surface area (Å²) in [4.78, 5) is 0. The Labute approximate surface area is 92.2 Å². The molecule has 0 aromatic heterocycles. The van der Waals surface area contributed by atoms with E-state index in [2.05, 4.69) is 22.7 Å². The maximum atomic E-state index is 12.9. The predicted octanol–water partition coefficient (Wildman–Crippen LogP) is 1.31. The highest BCUT2D eigenvalue weighted by molar-refractivity contribution is 7.80. The van der Waals surface area contributed by atoms with Crippen LogP contribution in [-0.2, 0) is 6.42 Å². The van der Waals surface area contributed by atoms with Crippen molar-refractivity contribution in [3.8, 4) is 0 Å². The first kappa shape index (κ1) is 10.0. The molecule has 0 aliphatic heterocycles. The highest BCUT2D eigenvalue weighted by Crippen LogP contribution is 2.22. The molecule has 0 amide bonds. The summed E-state index contributed by atoms with van der Waals surface area (Å²) in [5.74, 6) is -0.211. The fourth-order valence-corrected chi connectivity index (χ4v) is 1.72. The van der Waals surface area contributed by atoms with Gasteiger partial charge >= 0.3 is 0 Å². The normalized spacial score (nSPS) is 16.5. The average Bonchev–Trinajstić information content (AvgIpc) is 2.57. The van der Waals surface area contributed by atoms with E-state index >= 15 is 0 Å². The molecule has 0 saturated carbocycles. The van der Waals surface area contributed by atoms with Crippen molar-refractivity contribution in [2.45, 2.75) is 12.8 Å². The number of rotatable bonds is 1. The molecule has 1 aliphatic carbocycles. The number of hydrazone groups is 1. The van der Waals surface area contributed by atoms with Crippen molar-refractivity contribution < 1.29 is 4.39 Å². The molecule has 0 atom stereocenters. The van der Waals surface area contributed by atoms with Crippen molar-refractivity contribution >= 4 is 23.0 Å². The minimum absolute atomic E-state index is 0.137. The SMILES string of the molecule is NC(=S)N/N=C1\CCc2cc(F)ccc21. The maximum absolute atomic E-state index is 12.9. The van der Waals surface area contributed by atoms with Crippen molar-refractivity contribution in [2.24, 2.45) is 10.8 Å². The van der Waals surface area contributed by atoms with E-state index < -0.39 is 0 Å². The lowest BCUT2D eigenvalue weighted by molar-refractivity contribution is 0.626. The number of hydrogen-bond acceptors (Lipinski definition) is 2. The van der Waals surface area contributed by atoms with E-state index in [1.54, 1.807) is 12.1 Å². The van der Waals surface area contributed by atoms with Gasteiger partial charge in [0.2, 0.25) is 0 Å². The highest BCUT2D eigenvalue weighted by Gasteiger charge is 2.17. The van der Waals surface area contributed by atoms with Gasteiger partial charge in [0.15, 0.2) is 5.11 Å². The van der Waals surface area contributed by atoms with Crippen molar-refractivity contribution in [3.05, 3.63) is 35.1 Å². The van der Waals surface area contributed by atoms with Crippen molar-refractivity contribution in [3.63, 3.8) is 0 Å². The van der Waals surface area contributed by atoms with Crippen LogP contribution in [0.1, 0.15) is 17.5 Å². The average molecular weight is 223 g/mol. The summed E-state index contributed by atoms with van der Waals surface area (Å²) in [6.07, 6.45) is 1.60. The molecule has 0 radical (unpaired) electrons. The molecule has 3 nitrogen and oxygen atoms in total. The zero-order valence-corrected chi connectivity index (χ0v) is 8.77. The Balaban J connectivity index is 2.28. The molecular formula is C10H10FN3S. The molecule has 5 heteroatoms. The number of nitrogens with zero attached hydrogens (tertiary/aromatic N) is 1. The van der Waals surface area contributed by atoms with E-state index in [4.69, 9.17) is 5.73 Å². The number of thiocarbonyl (C=S) groups is 1. The van der Waals surface area contributed by atoms with Crippen molar-refractivity contribution in [1.29, 1.82) is 0 Å². The molecule has 1 aliphatic rings. The Morgan fingerprint density at radius 1 is 1.47 bits per heavy atom. The van der Waals surface area contributed by atoms with E-state index in [0.29, 0.717) is 0 Å².